The molecule has 1 aliphatic heterocycles. The summed E-state index contributed by atoms with van der Waals surface area (Å²) in [5.74, 6) is -0.231. The number of hydrogen-bond acceptors (Lipinski definition) is 5. The molecule has 1 aromatic heterocycles. The molecule has 1 atom stereocenters. The van der Waals surface area contributed by atoms with E-state index in [4.69, 9.17) is 17.3 Å². The Kier molecular flexibility index (Phi) is 3.84. The second-order valence-electron chi connectivity index (χ2n) is 4.18. The van der Waals surface area contributed by atoms with E-state index in [1.54, 1.807) is 4.90 Å². The fourth-order valence-electron chi connectivity index (χ4n) is 1.94. The minimum absolute atomic E-state index is 0.0203. The molecule has 2 N–H and O–H groups in total. The summed E-state index contributed by atoms with van der Waals surface area (Å²) in [5, 5.41) is 10.7. The van der Waals surface area contributed by atoms with Crippen molar-refractivity contribution in [2.24, 2.45) is 5.73 Å². The van der Waals surface area contributed by atoms with Crippen LogP contribution in [0.25, 0.3) is 0 Å². The Balaban J connectivity index is 2.18. The van der Waals surface area contributed by atoms with Gasteiger partial charge in [0.2, 0.25) is 0 Å². The lowest BCUT2D eigenvalue weighted by Crippen LogP contribution is -2.45. The van der Waals surface area contributed by atoms with Gasteiger partial charge in [-0.05, 0) is 12.8 Å². The average Bonchev–Trinajstić information content (AvgIpc) is 2.70. The highest BCUT2D eigenvalue weighted by Crippen LogP contribution is 2.34. The molecule has 2 heterocycles. The molecule has 0 spiro atoms. The van der Waals surface area contributed by atoms with Crippen molar-refractivity contribution in [2.75, 3.05) is 13.1 Å². The van der Waals surface area contributed by atoms with Gasteiger partial charge in [-0.15, -0.1) is 11.3 Å². The van der Waals surface area contributed by atoms with Gasteiger partial charge in [-0.2, -0.15) is 0 Å². The molecule has 0 radical (unpaired) electrons. The molecule has 0 aliphatic carbocycles. The summed E-state index contributed by atoms with van der Waals surface area (Å²) in [6.45, 7) is 1.12. The lowest BCUT2D eigenvalue weighted by Gasteiger charge is -2.30. The molecule has 18 heavy (non-hydrogen) atoms. The van der Waals surface area contributed by atoms with E-state index in [0.29, 0.717) is 18.0 Å². The summed E-state index contributed by atoms with van der Waals surface area (Å²) in [6.07, 6.45) is 1.75. The second kappa shape index (κ2) is 5.21. The molecule has 2 rings (SSSR count). The zero-order valence-corrected chi connectivity index (χ0v) is 11.0. The molecule has 1 unspecified atom stereocenters. The monoisotopic (exact) mass is 289 g/mol. The van der Waals surface area contributed by atoms with Crippen LogP contribution in [0.4, 0.5) is 5.69 Å². The van der Waals surface area contributed by atoms with Crippen LogP contribution in [0.5, 0.6) is 0 Å². The van der Waals surface area contributed by atoms with Crippen molar-refractivity contribution < 1.29 is 9.72 Å². The van der Waals surface area contributed by atoms with Crippen molar-refractivity contribution in [2.45, 2.75) is 18.9 Å². The smallest absolute Gasteiger partial charge is 0.299 e. The highest BCUT2D eigenvalue weighted by atomic mass is 35.5. The van der Waals surface area contributed by atoms with Crippen LogP contribution in [0.2, 0.25) is 4.34 Å². The van der Waals surface area contributed by atoms with Crippen LogP contribution in [-0.2, 0) is 0 Å². The lowest BCUT2D eigenvalue weighted by atomic mass is 10.1. The third-order valence-corrected chi connectivity index (χ3v) is 4.15. The van der Waals surface area contributed by atoms with E-state index in [2.05, 4.69) is 0 Å². The van der Waals surface area contributed by atoms with E-state index in [1.807, 2.05) is 0 Å². The topological polar surface area (TPSA) is 89.5 Å². The van der Waals surface area contributed by atoms with Crippen molar-refractivity contribution in [1.82, 2.24) is 4.90 Å². The number of carbonyl (C=O) groups excluding carboxylic acids is 1. The Morgan fingerprint density at radius 3 is 2.94 bits per heavy atom. The summed E-state index contributed by atoms with van der Waals surface area (Å²) in [6, 6.07) is 1.21. The largest absolute Gasteiger partial charge is 0.336 e. The van der Waals surface area contributed by atoms with Crippen LogP contribution >= 0.6 is 22.9 Å². The number of hydrogen-bond donors (Lipinski definition) is 1. The van der Waals surface area contributed by atoms with Crippen LogP contribution < -0.4 is 5.73 Å². The average molecular weight is 290 g/mol. The van der Waals surface area contributed by atoms with Gasteiger partial charge in [-0.25, -0.2) is 0 Å². The van der Waals surface area contributed by atoms with Crippen LogP contribution in [-0.4, -0.2) is 34.9 Å². The van der Waals surface area contributed by atoms with E-state index < -0.39 is 4.92 Å². The zero-order valence-electron chi connectivity index (χ0n) is 9.47. The van der Waals surface area contributed by atoms with Crippen molar-refractivity contribution in [3.8, 4) is 0 Å². The summed E-state index contributed by atoms with van der Waals surface area (Å²) in [4.78, 5) is 24.1. The van der Waals surface area contributed by atoms with E-state index in [9.17, 15) is 14.9 Å². The SMILES string of the molecule is NC1CCCN(C(=O)c2cc([N+](=O)[O-])c(Cl)s2)C1. The molecule has 1 saturated heterocycles. The number of halogens is 1. The molecule has 0 saturated carbocycles. The first-order chi connectivity index (χ1) is 8.49. The molecule has 1 aromatic rings. The fourth-order valence-corrected chi connectivity index (χ4v) is 3.13. The Labute approximate surface area is 112 Å². The molecule has 8 heteroatoms. The van der Waals surface area contributed by atoms with Crippen LogP contribution in [0.1, 0.15) is 22.5 Å². The predicted molar refractivity (Wildman–Crippen MR) is 69.1 cm³/mol. The van der Waals surface area contributed by atoms with Crippen LogP contribution in [0.3, 0.4) is 0 Å². The fraction of sp³-hybridized carbons (Fsp3) is 0.500. The standard InChI is InChI=1S/C10H12ClN3O3S/c11-9-7(14(16)17)4-8(18-9)10(15)13-3-1-2-6(12)5-13/h4,6H,1-3,5,12H2. The molecule has 0 bridgehead atoms. The minimum Gasteiger partial charge on any atom is -0.336 e. The summed E-state index contributed by atoms with van der Waals surface area (Å²) >= 11 is 6.67. The van der Waals surface area contributed by atoms with Gasteiger partial charge in [-0.3, -0.25) is 14.9 Å². The zero-order chi connectivity index (χ0) is 13.3. The van der Waals surface area contributed by atoms with Gasteiger partial charge in [0.05, 0.1) is 4.92 Å². The molecular formula is C10H12ClN3O3S. The van der Waals surface area contributed by atoms with Gasteiger partial charge in [-0.1, -0.05) is 11.6 Å². The maximum absolute atomic E-state index is 12.1. The van der Waals surface area contributed by atoms with Gasteiger partial charge in [0.1, 0.15) is 4.88 Å². The van der Waals surface area contributed by atoms with E-state index in [1.165, 1.54) is 6.07 Å². The quantitative estimate of drug-likeness (QED) is 0.665. The number of piperidine rings is 1. The van der Waals surface area contributed by atoms with Crippen LogP contribution in [0, 0.1) is 10.1 Å². The molecule has 6 nitrogen and oxygen atoms in total. The maximum atomic E-state index is 12.1. The third-order valence-electron chi connectivity index (χ3n) is 2.82. The Morgan fingerprint density at radius 2 is 2.39 bits per heavy atom. The molecule has 0 aromatic carbocycles. The molecule has 1 amide bonds. The van der Waals surface area contributed by atoms with Gasteiger partial charge in [0, 0.05) is 25.2 Å². The number of rotatable bonds is 2. The molecule has 98 valence electrons. The van der Waals surface area contributed by atoms with Crippen molar-refractivity contribution >= 4 is 34.5 Å². The Hall–Kier alpha value is -1.18. The highest BCUT2D eigenvalue weighted by molar-refractivity contribution is 7.18. The lowest BCUT2D eigenvalue weighted by molar-refractivity contribution is -0.384. The van der Waals surface area contributed by atoms with Crippen molar-refractivity contribution in [3.63, 3.8) is 0 Å². The number of nitro groups is 1. The number of thiophene rings is 1. The molecular weight excluding hydrogens is 278 g/mol. The highest BCUT2D eigenvalue weighted by Gasteiger charge is 2.27. The predicted octanol–water partition coefficient (Wildman–Crippen LogP) is 1.87. The van der Waals surface area contributed by atoms with Gasteiger partial charge >= 0.3 is 0 Å². The summed E-state index contributed by atoms with van der Waals surface area (Å²) in [5.41, 5.74) is 5.58. The van der Waals surface area contributed by atoms with E-state index in [-0.39, 0.29) is 22.0 Å². The van der Waals surface area contributed by atoms with Crippen LogP contribution in [0.15, 0.2) is 6.07 Å². The number of amides is 1. The van der Waals surface area contributed by atoms with Gasteiger partial charge in [0.25, 0.3) is 11.6 Å². The Bertz CT molecular complexity index is 491. The Morgan fingerprint density at radius 1 is 1.67 bits per heavy atom. The number of carbonyl (C=O) groups is 1. The minimum atomic E-state index is -0.586. The van der Waals surface area contributed by atoms with Crippen molar-refractivity contribution in [1.29, 1.82) is 0 Å². The van der Waals surface area contributed by atoms with Gasteiger partial charge in [0.15, 0.2) is 4.34 Å². The first-order valence-electron chi connectivity index (χ1n) is 5.47. The number of nitrogens with two attached hydrogens (primary N) is 1. The normalized spacial score (nSPS) is 19.9. The first-order valence-corrected chi connectivity index (χ1v) is 6.67. The summed E-state index contributed by atoms with van der Waals surface area (Å²) in [7, 11) is 0. The number of likely N-dealkylation sites (tertiary alicyclic amines) is 1. The summed E-state index contributed by atoms with van der Waals surface area (Å²) < 4.78 is 0.0321. The van der Waals surface area contributed by atoms with Gasteiger partial charge < -0.3 is 10.6 Å². The second-order valence-corrected chi connectivity index (χ2v) is 5.83. The maximum Gasteiger partial charge on any atom is 0.299 e. The number of nitrogens with zero attached hydrogens (tertiary/aromatic N) is 2. The van der Waals surface area contributed by atoms with Crippen molar-refractivity contribution in [3.05, 3.63) is 25.4 Å². The van der Waals surface area contributed by atoms with E-state index in [0.717, 1.165) is 24.2 Å². The third kappa shape index (κ3) is 2.63. The molecule has 1 fully saturated rings. The first kappa shape index (κ1) is 13.3. The van der Waals surface area contributed by atoms with E-state index >= 15 is 0 Å². The molecule has 1 aliphatic rings.